The van der Waals surface area contributed by atoms with Gasteiger partial charge in [-0.2, -0.15) is 0 Å². The first kappa shape index (κ1) is 10.9. The number of hydrogen-bond donors (Lipinski definition) is 0. The maximum Gasteiger partial charge on any atom is 0.0901 e. The summed E-state index contributed by atoms with van der Waals surface area (Å²) < 4.78 is 0. The molecule has 0 radical (unpaired) electrons. The summed E-state index contributed by atoms with van der Waals surface area (Å²) in [7, 11) is 0. The van der Waals surface area contributed by atoms with Crippen LogP contribution < -0.4 is 0 Å². The number of aromatic nitrogens is 1. The fraction of sp³-hybridized carbons (Fsp3) is 0.250. The highest BCUT2D eigenvalue weighted by molar-refractivity contribution is 7.09. The zero-order chi connectivity index (χ0) is 10.6. The Morgan fingerprint density at radius 1 is 1.57 bits per heavy atom. The minimum atomic E-state index is 1.04. The molecule has 1 heterocycles. The molecule has 0 aliphatic heterocycles. The van der Waals surface area contributed by atoms with Crippen LogP contribution in [0.1, 0.15) is 24.5 Å². The molecule has 2 heteroatoms. The maximum atomic E-state index is 4.46. The van der Waals surface area contributed by atoms with E-state index in [1.807, 2.05) is 19.9 Å². The lowest BCUT2D eigenvalue weighted by Gasteiger charge is -2.02. The van der Waals surface area contributed by atoms with Crippen LogP contribution in [-0.2, 0) is 0 Å². The molecule has 0 bridgehead atoms. The lowest BCUT2D eigenvalue weighted by Crippen LogP contribution is -1.86. The summed E-state index contributed by atoms with van der Waals surface area (Å²) in [5.41, 5.74) is 3.44. The van der Waals surface area contributed by atoms with Crippen molar-refractivity contribution in [3.8, 4) is 0 Å². The minimum Gasteiger partial charge on any atom is -0.242 e. The molecule has 14 heavy (non-hydrogen) atoms. The van der Waals surface area contributed by atoms with E-state index in [0.717, 1.165) is 16.3 Å². The lowest BCUT2D eigenvalue weighted by atomic mass is 10.0. The largest absolute Gasteiger partial charge is 0.242 e. The van der Waals surface area contributed by atoms with Gasteiger partial charge >= 0.3 is 0 Å². The van der Waals surface area contributed by atoms with Crippen molar-refractivity contribution in [3.63, 3.8) is 0 Å². The number of hydrogen-bond acceptors (Lipinski definition) is 2. The summed E-state index contributed by atoms with van der Waals surface area (Å²) in [5, 5.41) is 3.18. The van der Waals surface area contributed by atoms with Gasteiger partial charge in [0.05, 0.1) is 10.7 Å². The summed E-state index contributed by atoms with van der Waals surface area (Å²) in [5.74, 6) is 0. The molecule has 74 valence electrons. The number of rotatable bonds is 3. The van der Waals surface area contributed by atoms with Crippen molar-refractivity contribution in [1.82, 2.24) is 4.98 Å². The van der Waals surface area contributed by atoms with E-state index in [1.165, 1.54) is 5.57 Å². The standard InChI is InChI=1S/C12H15NS/c1-5-7-11(9(3)6-2)12-8-14-10(4)13-12/h5-8H,1H2,2-4H3/b9-6-,11-7+. The summed E-state index contributed by atoms with van der Waals surface area (Å²) >= 11 is 1.67. The van der Waals surface area contributed by atoms with Gasteiger partial charge in [-0.1, -0.05) is 24.8 Å². The van der Waals surface area contributed by atoms with Gasteiger partial charge in [0, 0.05) is 11.0 Å². The van der Waals surface area contributed by atoms with Crippen molar-refractivity contribution in [2.24, 2.45) is 0 Å². The van der Waals surface area contributed by atoms with Crippen LogP contribution in [0.25, 0.3) is 5.57 Å². The van der Waals surface area contributed by atoms with Crippen molar-refractivity contribution in [2.45, 2.75) is 20.8 Å². The first-order valence-electron chi connectivity index (χ1n) is 4.57. The summed E-state index contributed by atoms with van der Waals surface area (Å²) in [6, 6.07) is 0. The summed E-state index contributed by atoms with van der Waals surface area (Å²) in [4.78, 5) is 4.46. The first-order chi connectivity index (χ1) is 6.69. The molecule has 1 aromatic heterocycles. The van der Waals surface area contributed by atoms with Crippen molar-refractivity contribution in [2.75, 3.05) is 0 Å². The summed E-state index contributed by atoms with van der Waals surface area (Å²) in [6.45, 7) is 9.86. The Bertz CT molecular complexity index is 383. The highest BCUT2D eigenvalue weighted by Crippen LogP contribution is 2.24. The Hall–Kier alpha value is -1.15. The second-order valence-electron chi connectivity index (χ2n) is 3.04. The predicted molar refractivity (Wildman–Crippen MR) is 64.5 cm³/mol. The molecule has 0 fully saturated rings. The van der Waals surface area contributed by atoms with Gasteiger partial charge < -0.3 is 0 Å². The third kappa shape index (κ3) is 2.42. The van der Waals surface area contributed by atoms with Gasteiger partial charge in [0.25, 0.3) is 0 Å². The average Bonchev–Trinajstić information content (AvgIpc) is 2.60. The highest BCUT2D eigenvalue weighted by atomic mass is 32.1. The molecule has 0 saturated heterocycles. The van der Waals surface area contributed by atoms with E-state index >= 15 is 0 Å². The molecule has 0 unspecified atom stereocenters. The lowest BCUT2D eigenvalue weighted by molar-refractivity contribution is 1.25. The van der Waals surface area contributed by atoms with Gasteiger partial charge in [0.2, 0.25) is 0 Å². The Balaban J connectivity index is 3.13. The van der Waals surface area contributed by atoms with E-state index in [1.54, 1.807) is 17.4 Å². The molecular weight excluding hydrogens is 190 g/mol. The van der Waals surface area contributed by atoms with E-state index in [4.69, 9.17) is 0 Å². The molecule has 0 saturated carbocycles. The van der Waals surface area contributed by atoms with Crippen molar-refractivity contribution < 1.29 is 0 Å². The van der Waals surface area contributed by atoms with Crippen LogP contribution in [0.2, 0.25) is 0 Å². The van der Waals surface area contributed by atoms with E-state index in [2.05, 4.69) is 29.9 Å². The topological polar surface area (TPSA) is 12.9 Å². The fourth-order valence-corrected chi connectivity index (χ4v) is 1.79. The Labute approximate surface area is 89.5 Å². The molecular formula is C12H15NS. The highest BCUT2D eigenvalue weighted by Gasteiger charge is 2.05. The van der Waals surface area contributed by atoms with Crippen LogP contribution in [0.3, 0.4) is 0 Å². The number of nitrogens with zero attached hydrogens (tertiary/aromatic N) is 1. The normalized spacial score (nSPS) is 13.1. The summed E-state index contributed by atoms with van der Waals surface area (Å²) in [6.07, 6.45) is 5.89. The molecule has 0 aromatic carbocycles. The van der Waals surface area contributed by atoms with Crippen LogP contribution in [0.15, 0.2) is 35.8 Å². The number of allylic oxidation sites excluding steroid dienone is 5. The SMILES string of the molecule is C=C/C=C(\C(C)=C/C)c1csc(C)n1. The zero-order valence-electron chi connectivity index (χ0n) is 8.87. The smallest absolute Gasteiger partial charge is 0.0901 e. The molecule has 1 rings (SSSR count). The minimum absolute atomic E-state index is 1.04. The third-order valence-electron chi connectivity index (χ3n) is 2.04. The van der Waals surface area contributed by atoms with Gasteiger partial charge in [-0.05, 0) is 26.3 Å². The second-order valence-corrected chi connectivity index (χ2v) is 4.10. The van der Waals surface area contributed by atoms with Crippen LogP contribution in [0, 0.1) is 6.92 Å². The van der Waals surface area contributed by atoms with E-state index in [-0.39, 0.29) is 0 Å². The molecule has 0 N–H and O–H groups in total. The van der Waals surface area contributed by atoms with E-state index in [0.29, 0.717) is 0 Å². The molecule has 0 spiro atoms. The van der Waals surface area contributed by atoms with Crippen LogP contribution >= 0.6 is 11.3 Å². The monoisotopic (exact) mass is 205 g/mol. The first-order valence-corrected chi connectivity index (χ1v) is 5.45. The van der Waals surface area contributed by atoms with Gasteiger partial charge in [0.15, 0.2) is 0 Å². The van der Waals surface area contributed by atoms with Gasteiger partial charge in [-0.25, -0.2) is 4.98 Å². The quantitative estimate of drug-likeness (QED) is 0.680. The van der Waals surface area contributed by atoms with Crippen molar-refractivity contribution in [3.05, 3.63) is 46.5 Å². The number of thiazole rings is 1. The fourth-order valence-electron chi connectivity index (χ4n) is 1.18. The van der Waals surface area contributed by atoms with Crippen LogP contribution in [0.4, 0.5) is 0 Å². The molecule has 0 amide bonds. The van der Waals surface area contributed by atoms with Crippen molar-refractivity contribution >= 4 is 16.9 Å². The van der Waals surface area contributed by atoms with Crippen molar-refractivity contribution in [1.29, 1.82) is 0 Å². The van der Waals surface area contributed by atoms with Crippen LogP contribution in [0.5, 0.6) is 0 Å². The molecule has 1 aromatic rings. The van der Waals surface area contributed by atoms with Gasteiger partial charge in [-0.3, -0.25) is 0 Å². The maximum absolute atomic E-state index is 4.46. The zero-order valence-corrected chi connectivity index (χ0v) is 9.69. The Morgan fingerprint density at radius 3 is 2.71 bits per heavy atom. The van der Waals surface area contributed by atoms with Gasteiger partial charge in [0.1, 0.15) is 0 Å². The Morgan fingerprint density at radius 2 is 2.29 bits per heavy atom. The molecule has 1 nitrogen and oxygen atoms in total. The molecule has 0 aliphatic carbocycles. The average molecular weight is 205 g/mol. The third-order valence-corrected chi connectivity index (χ3v) is 2.81. The van der Waals surface area contributed by atoms with Crippen LogP contribution in [-0.4, -0.2) is 4.98 Å². The second kappa shape index (κ2) is 4.91. The molecule has 0 atom stereocenters. The number of aryl methyl sites for hydroxylation is 1. The predicted octanol–water partition coefficient (Wildman–Crippen LogP) is 3.99. The van der Waals surface area contributed by atoms with E-state index in [9.17, 15) is 0 Å². The van der Waals surface area contributed by atoms with Gasteiger partial charge in [-0.15, -0.1) is 11.3 Å². The molecule has 0 aliphatic rings. The van der Waals surface area contributed by atoms with E-state index < -0.39 is 0 Å². The Kier molecular flexibility index (Phi) is 3.84.